The average Bonchev–Trinajstić information content (AvgIpc) is 3.48. The summed E-state index contributed by atoms with van der Waals surface area (Å²) in [5, 5.41) is 9.17. The minimum absolute atomic E-state index is 0.0446. The maximum atomic E-state index is 12.9. The second-order valence-corrected chi connectivity index (χ2v) is 10.3. The molecule has 0 unspecified atom stereocenters. The van der Waals surface area contributed by atoms with E-state index >= 15 is 0 Å². The Morgan fingerprint density at radius 3 is 2.59 bits per heavy atom. The third kappa shape index (κ3) is 5.15. The zero-order valence-electron chi connectivity index (χ0n) is 17.8. The van der Waals surface area contributed by atoms with Crippen molar-refractivity contribution in [2.24, 2.45) is 0 Å². The number of nitrogens with zero attached hydrogens (tertiary/aromatic N) is 4. The van der Waals surface area contributed by atoms with E-state index in [1.165, 1.54) is 23.2 Å². The van der Waals surface area contributed by atoms with Gasteiger partial charge in [-0.3, -0.25) is 9.36 Å². The quantitative estimate of drug-likeness (QED) is 0.407. The summed E-state index contributed by atoms with van der Waals surface area (Å²) in [6, 6.07) is 6.65. The zero-order chi connectivity index (χ0) is 22.6. The molecule has 0 aliphatic carbocycles. The Labute approximate surface area is 191 Å². The fourth-order valence-corrected chi connectivity index (χ4v) is 5.85. The van der Waals surface area contributed by atoms with Gasteiger partial charge in [0.25, 0.3) is 0 Å². The Bertz CT molecular complexity index is 1030. The molecule has 0 N–H and O–H groups in total. The highest BCUT2D eigenvalue weighted by Crippen LogP contribution is 2.28. The zero-order valence-corrected chi connectivity index (χ0v) is 19.4. The predicted octanol–water partition coefficient (Wildman–Crippen LogP) is 1.41. The van der Waals surface area contributed by atoms with E-state index in [9.17, 15) is 13.2 Å². The SMILES string of the molecule is COC(=O)CSc1nnc(-c2ccc(S(=O)(=O)N3CCOCC3)cc2)n1C[C@@H]1CCCO1. The first kappa shape index (κ1) is 23.2. The number of morpholine rings is 1. The van der Waals surface area contributed by atoms with Gasteiger partial charge in [0.2, 0.25) is 10.0 Å². The van der Waals surface area contributed by atoms with E-state index in [1.54, 1.807) is 24.3 Å². The number of ether oxygens (including phenoxy) is 3. The van der Waals surface area contributed by atoms with Crippen molar-refractivity contribution < 1.29 is 27.4 Å². The topological polar surface area (TPSA) is 113 Å². The van der Waals surface area contributed by atoms with E-state index in [2.05, 4.69) is 10.2 Å². The Morgan fingerprint density at radius 2 is 1.94 bits per heavy atom. The number of sulfonamides is 1. The van der Waals surface area contributed by atoms with E-state index < -0.39 is 10.0 Å². The molecular formula is C20H26N4O6S2. The van der Waals surface area contributed by atoms with Crippen LogP contribution in [-0.2, 0) is 35.6 Å². The van der Waals surface area contributed by atoms with Crippen LogP contribution in [0.1, 0.15) is 12.8 Å². The van der Waals surface area contributed by atoms with Gasteiger partial charge in [0.15, 0.2) is 11.0 Å². The highest BCUT2D eigenvalue weighted by molar-refractivity contribution is 7.99. The smallest absolute Gasteiger partial charge is 0.316 e. The lowest BCUT2D eigenvalue weighted by molar-refractivity contribution is -0.137. The summed E-state index contributed by atoms with van der Waals surface area (Å²) in [5.41, 5.74) is 0.737. The van der Waals surface area contributed by atoms with E-state index in [0.29, 0.717) is 43.8 Å². The second kappa shape index (κ2) is 10.3. The molecule has 1 atom stereocenters. The van der Waals surface area contributed by atoms with Crippen LogP contribution in [0, 0.1) is 0 Å². The lowest BCUT2D eigenvalue weighted by Crippen LogP contribution is -2.40. The number of carbonyl (C=O) groups excluding carboxylic acids is 1. The van der Waals surface area contributed by atoms with E-state index in [-0.39, 0.29) is 22.7 Å². The van der Waals surface area contributed by atoms with Crippen molar-refractivity contribution in [3.05, 3.63) is 24.3 Å². The summed E-state index contributed by atoms with van der Waals surface area (Å²) >= 11 is 1.25. The van der Waals surface area contributed by atoms with Crippen molar-refractivity contribution >= 4 is 27.8 Å². The fourth-order valence-electron chi connectivity index (χ4n) is 3.66. The summed E-state index contributed by atoms with van der Waals surface area (Å²) in [7, 11) is -2.23. The predicted molar refractivity (Wildman–Crippen MR) is 117 cm³/mol. The molecule has 2 aliphatic heterocycles. The van der Waals surface area contributed by atoms with Gasteiger partial charge in [0.1, 0.15) is 0 Å². The minimum Gasteiger partial charge on any atom is -0.468 e. The number of hydrogen-bond donors (Lipinski definition) is 0. The molecule has 0 bridgehead atoms. The van der Waals surface area contributed by atoms with Crippen LogP contribution < -0.4 is 0 Å². The van der Waals surface area contributed by atoms with Gasteiger partial charge >= 0.3 is 5.97 Å². The Morgan fingerprint density at radius 1 is 1.19 bits per heavy atom. The number of benzene rings is 1. The van der Waals surface area contributed by atoms with Crippen LogP contribution >= 0.6 is 11.8 Å². The van der Waals surface area contributed by atoms with Crippen LogP contribution in [0.2, 0.25) is 0 Å². The molecule has 4 rings (SSSR count). The number of esters is 1. The number of thioether (sulfide) groups is 1. The van der Waals surface area contributed by atoms with Gasteiger partial charge in [0, 0.05) is 25.3 Å². The van der Waals surface area contributed by atoms with Gasteiger partial charge in [-0.1, -0.05) is 11.8 Å². The van der Waals surface area contributed by atoms with Crippen LogP contribution in [0.5, 0.6) is 0 Å². The molecule has 0 saturated carbocycles. The molecule has 1 aromatic carbocycles. The molecule has 0 radical (unpaired) electrons. The normalized spacial score (nSPS) is 19.8. The first-order valence-corrected chi connectivity index (χ1v) is 12.8. The first-order valence-electron chi connectivity index (χ1n) is 10.4. The summed E-state index contributed by atoms with van der Waals surface area (Å²) < 4.78 is 44.9. The number of methoxy groups -OCH3 is 1. The third-order valence-corrected chi connectivity index (χ3v) is 8.25. The molecule has 2 aliphatic rings. The molecule has 174 valence electrons. The van der Waals surface area contributed by atoms with E-state index in [4.69, 9.17) is 14.2 Å². The summed E-state index contributed by atoms with van der Waals surface area (Å²) in [5.74, 6) is 0.376. The summed E-state index contributed by atoms with van der Waals surface area (Å²) in [6.45, 7) is 2.77. The lowest BCUT2D eigenvalue weighted by Gasteiger charge is -2.26. The Hall–Kier alpha value is -1.99. The van der Waals surface area contributed by atoms with Gasteiger partial charge in [-0.15, -0.1) is 10.2 Å². The van der Waals surface area contributed by atoms with Crippen molar-refractivity contribution in [1.82, 2.24) is 19.1 Å². The van der Waals surface area contributed by atoms with Gasteiger partial charge in [-0.2, -0.15) is 4.31 Å². The molecule has 32 heavy (non-hydrogen) atoms. The van der Waals surface area contributed by atoms with Crippen LogP contribution in [0.25, 0.3) is 11.4 Å². The van der Waals surface area contributed by atoms with E-state index in [0.717, 1.165) is 25.0 Å². The molecule has 12 heteroatoms. The highest BCUT2D eigenvalue weighted by atomic mass is 32.2. The monoisotopic (exact) mass is 482 g/mol. The first-order chi connectivity index (χ1) is 15.5. The maximum Gasteiger partial charge on any atom is 0.316 e. The molecule has 2 fully saturated rings. The van der Waals surface area contributed by atoms with Crippen molar-refractivity contribution in [2.75, 3.05) is 45.8 Å². The van der Waals surface area contributed by atoms with Gasteiger partial charge in [-0.05, 0) is 37.1 Å². The molecule has 3 heterocycles. The molecule has 0 spiro atoms. The molecular weight excluding hydrogens is 456 g/mol. The van der Waals surface area contributed by atoms with Crippen LogP contribution in [-0.4, -0.2) is 85.3 Å². The Kier molecular flexibility index (Phi) is 7.46. The molecule has 0 amide bonds. The molecule has 10 nitrogen and oxygen atoms in total. The summed E-state index contributed by atoms with van der Waals surface area (Å²) in [4.78, 5) is 11.8. The highest BCUT2D eigenvalue weighted by Gasteiger charge is 2.27. The lowest BCUT2D eigenvalue weighted by atomic mass is 10.2. The van der Waals surface area contributed by atoms with Crippen molar-refractivity contribution in [3.8, 4) is 11.4 Å². The second-order valence-electron chi connectivity index (χ2n) is 7.46. The standard InChI is InChI=1S/C20H26N4O6S2/c1-28-18(25)14-31-20-22-21-19(24(20)13-16-3-2-10-30-16)15-4-6-17(7-5-15)32(26,27)23-8-11-29-12-9-23/h4-7,16H,2-3,8-14H2,1H3/t16-/m0/s1. The average molecular weight is 483 g/mol. The van der Waals surface area contributed by atoms with Gasteiger partial charge < -0.3 is 14.2 Å². The van der Waals surface area contributed by atoms with Crippen LogP contribution in [0.3, 0.4) is 0 Å². The summed E-state index contributed by atoms with van der Waals surface area (Å²) in [6.07, 6.45) is 1.99. The fraction of sp³-hybridized carbons (Fsp3) is 0.550. The van der Waals surface area contributed by atoms with Crippen LogP contribution in [0.15, 0.2) is 34.3 Å². The van der Waals surface area contributed by atoms with Crippen molar-refractivity contribution in [1.29, 1.82) is 0 Å². The molecule has 1 aromatic heterocycles. The number of aromatic nitrogens is 3. The van der Waals surface area contributed by atoms with E-state index in [1.807, 2.05) is 4.57 Å². The number of rotatable bonds is 8. The van der Waals surface area contributed by atoms with Crippen LogP contribution in [0.4, 0.5) is 0 Å². The molecule has 2 aromatic rings. The molecule has 2 saturated heterocycles. The number of hydrogen-bond acceptors (Lipinski definition) is 9. The number of carbonyl (C=O) groups is 1. The van der Waals surface area contributed by atoms with Gasteiger partial charge in [-0.25, -0.2) is 8.42 Å². The largest absolute Gasteiger partial charge is 0.468 e. The van der Waals surface area contributed by atoms with Gasteiger partial charge in [0.05, 0.1) is 43.6 Å². The maximum absolute atomic E-state index is 12.9. The van der Waals surface area contributed by atoms with Crippen molar-refractivity contribution in [2.45, 2.75) is 35.5 Å². The van der Waals surface area contributed by atoms with Crippen molar-refractivity contribution in [3.63, 3.8) is 0 Å². The third-order valence-electron chi connectivity index (χ3n) is 5.39. The Balaban J connectivity index is 1.59. The minimum atomic E-state index is -3.57.